The molecule has 1 nitrogen and oxygen atoms in total. The predicted octanol–water partition coefficient (Wildman–Crippen LogP) is 0.527. The minimum atomic E-state index is 0. The van der Waals surface area contributed by atoms with Gasteiger partial charge in [-0.3, -0.25) is 0 Å². The summed E-state index contributed by atoms with van der Waals surface area (Å²) < 4.78 is 8.39. The number of hydrogen-bond acceptors (Lipinski definition) is 2. The Kier molecular flexibility index (Phi) is 81.7. The Balaban J connectivity index is -0.0000000133. The van der Waals surface area contributed by atoms with Gasteiger partial charge >= 0.3 is 83.6 Å². The van der Waals surface area contributed by atoms with Crippen LogP contribution >= 0.6 is 5.81 Å². The molecule has 0 unspecified atom stereocenters. The molecular formula is AuCe2OS. The molecular weight excluding hydrogens is 525 g/mol. The molecule has 0 atom stereocenters. The van der Waals surface area contributed by atoms with Crippen molar-refractivity contribution in [2.24, 2.45) is 0 Å². The molecule has 0 aliphatic heterocycles. The zero-order chi connectivity index (χ0) is 4.00. The SMILES string of the molecule is [Au].[O]=[Ce].[S]=[Ce]. The fourth-order valence-corrected chi connectivity index (χ4v) is 0. The summed E-state index contributed by atoms with van der Waals surface area (Å²) in [5.74, 6) is 4.22. The van der Waals surface area contributed by atoms with Gasteiger partial charge in [-0.2, -0.15) is 0 Å². The molecule has 0 aliphatic rings. The van der Waals surface area contributed by atoms with E-state index in [9.17, 15) is 0 Å². The molecule has 0 N–H and O–H groups in total. The van der Waals surface area contributed by atoms with E-state index in [1.807, 2.05) is 0 Å². The molecule has 5 heteroatoms. The van der Waals surface area contributed by atoms with Crippen LogP contribution in [0.15, 0.2) is 0 Å². The van der Waals surface area contributed by atoms with Crippen molar-refractivity contribution in [3.05, 3.63) is 0 Å². The summed E-state index contributed by atoms with van der Waals surface area (Å²) in [5, 5.41) is 0. The monoisotopic (exact) mass is 525 g/mol. The van der Waals surface area contributed by atoms with Crippen LogP contribution in [0.25, 0.3) is 0 Å². The zero-order valence-corrected chi connectivity index (χ0v) is 11.4. The summed E-state index contributed by atoms with van der Waals surface area (Å²) in [6.07, 6.45) is 0. The molecule has 0 heterocycles. The standard InChI is InChI=1S/Au.2Ce.O.S. The van der Waals surface area contributed by atoms with E-state index in [2.05, 4.69) is 5.81 Å². The van der Waals surface area contributed by atoms with Crippen LogP contribution in [-0.2, 0) is 23.3 Å². The fraction of sp³-hybridized carbons (Fsp3) is 0. The molecule has 0 aromatic heterocycles. The van der Waals surface area contributed by atoms with Crippen molar-refractivity contribution in [2.45, 2.75) is 0 Å². The van der Waals surface area contributed by atoms with Gasteiger partial charge in [-0.1, -0.05) is 0 Å². The van der Waals surface area contributed by atoms with Crippen LogP contribution in [0.5, 0.6) is 0 Å². The van der Waals surface area contributed by atoms with Gasteiger partial charge in [0.2, 0.25) is 0 Å². The molecule has 0 saturated heterocycles. The van der Waals surface area contributed by atoms with Crippen molar-refractivity contribution in [2.75, 3.05) is 0 Å². The van der Waals surface area contributed by atoms with E-state index in [1.165, 1.54) is 0 Å². The van der Waals surface area contributed by atoms with Crippen LogP contribution < -0.4 is 0 Å². The van der Waals surface area contributed by atoms with Crippen LogP contribution in [0, 0.1) is 76.8 Å². The van der Waals surface area contributed by atoms with E-state index in [1.54, 1.807) is 0 Å². The molecule has 0 aromatic carbocycles. The summed E-state index contributed by atoms with van der Waals surface area (Å²) in [5.41, 5.74) is 0. The summed E-state index contributed by atoms with van der Waals surface area (Å²) in [6, 6.07) is 0. The summed E-state index contributed by atoms with van der Waals surface area (Å²) in [7, 11) is 0. The van der Waals surface area contributed by atoms with E-state index in [4.69, 9.17) is 0.938 Å². The van der Waals surface area contributed by atoms with Crippen molar-refractivity contribution in [3.63, 3.8) is 0 Å². The molecule has 0 fully saturated rings. The molecule has 0 aromatic rings. The Labute approximate surface area is 103 Å². The van der Waals surface area contributed by atoms with E-state index in [0.717, 1.165) is 37.0 Å². The zero-order valence-electron chi connectivity index (χ0n) is 2.12. The normalized spacial score (nSPS) is 1.20. The van der Waals surface area contributed by atoms with Crippen LogP contribution in [0.3, 0.4) is 0 Å². The molecule has 5 heavy (non-hydrogen) atoms. The van der Waals surface area contributed by atoms with E-state index < -0.39 is 0 Å². The van der Waals surface area contributed by atoms with E-state index >= 15 is 0 Å². The number of rotatable bonds is 0. The Morgan fingerprint density at radius 3 is 1.20 bits per heavy atom. The average Bonchev–Trinajstić information content (AvgIpc) is 1.50. The molecule has 0 saturated carbocycles. The van der Waals surface area contributed by atoms with E-state index in [0.29, 0.717) is 0 Å². The molecule has 1 radical (unpaired) electrons. The van der Waals surface area contributed by atoms with Gasteiger partial charge in [-0.25, -0.2) is 0 Å². The summed E-state index contributed by atoms with van der Waals surface area (Å²) in [6.45, 7) is 0. The van der Waals surface area contributed by atoms with Gasteiger partial charge in [0.25, 0.3) is 0 Å². The second-order valence-corrected chi connectivity index (χ2v) is 0. The first-order valence-corrected chi connectivity index (χ1v) is 5.94. The van der Waals surface area contributed by atoms with Gasteiger partial charge in [0.15, 0.2) is 0 Å². The van der Waals surface area contributed by atoms with Gasteiger partial charge in [0.05, 0.1) is 0 Å². The third kappa shape index (κ3) is 18.5. The molecule has 0 bridgehead atoms. The fourth-order valence-electron chi connectivity index (χ4n) is 0. The molecule has 0 rings (SSSR count). The van der Waals surface area contributed by atoms with Crippen LogP contribution in [0.2, 0.25) is 0 Å². The molecule has 31 valence electrons. The van der Waals surface area contributed by atoms with Crippen molar-refractivity contribution in [1.82, 2.24) is 0 Å². The maximum absolute atomic E-state index is 8.39. The second-order valence-electron chi connectivity index (χ2n) is 0. The topological polar surface area (TPSA) is 17.1 Å². The first-order valence-electron chi connectivity index (χ1n) is 0.408. The molecule has 0 spiro atoms. The number of hydrogen-bond donors (Lipinski definition) is 0. The third-order valence-electron chi connectivity index (χ3n) is 0. The van der Waals surface area contributed by atoms with Crippen molar-refractivity contribution in [3.8, 4) is 0 Å². The summed E-state index contributed by atoms with van der Waals surface area (Å²) >= 11 is 0.944. The van der Waals surface area contributed by atoms with Crippen LogP contribution in [0.1, 0.15) is 0 Å². The molecule has 0 aliphatic carbocycles. The van der Waals surface area contributed by atoms with Gasteiger partial charge in [0, 0.05) is 22.4 Å². The van der Waals surface area contributed by atoms with Gasteiger partial charge in [-0.05, 0) is 0 Å². The third-order valence-corrected chi connectivity index (χ3v) is 0. The van der Waals surface area contributed by atoms with Crippen molar-refractivity contribution < 1.29 is 100 Å². The van der Waals surface area contributed by atoms with Crippen molar-refractivity contribution >= 4 is 5.81 Å². The summed E-state index contributed by atoms with van der Waals surface area (Å²) in [4.78, 5) is 0. The van der Waals surface area contributed by atoms with E-state index in [-0.39, 0.29) is 62.2 Å². The second kappa shape index (κ2) is 25.8. The average molecular weight is 525 g/mol. The van der Waals surface area contributed by atoms with Crippen LogP contribution in [0.4, 0.5) is 0 Å². The Hall–Kier alpha value is 3.51. The Morgan fingerprint density at radius 1 is 1.20 bits per heavy atom. The van der Waals surface area contributed by atoms with Gasteiger partial charge in [-0.15, -0.1) is 0 Å². The first-order chi connectivity index (χ1) is 2.00. The quantitative estimate of drug-likeness (QED) is 0.430. The Bertz CT molecular complexity index is 11.6. The first kappa shape index (κ1) is 15.8. The predicted molar refractivity (Wildman–Crippen MR) is 8.28 cm³/mol. The Morgan fingerprint density at radius 2 is 1.20 bits per heavy atom. The maximum atomic E-state index is 8.39. The molecule has 0 amide bonds. The minimum absolute atomic E-state index is 0. The van der Waals surface area contributed by atoms with Gasteiger partial charge in [0.1, 0.15) is 0 Å². The van der Waals surface area contributed by atoms with Gasteiger partial charge < -0.3 is 0 Å². The van der Waals surface area contributed by atoms with Crippen LogP contribution in [-0.4, -0.2) is 0 Å². The van der Waals surface area contributed by atoms with Crippen molar-refractivity contribution in [1.29, 1.82) is 0 Å².